The van der Waals surface area contributed by atoms with Crippen LogP contribution in [-0.2, 0) is 16.6 Å². The number of nitrogens with one attached hydrogen (secondary N) is 1. The average Bonchev–Trinajstić information content (AvgIpc) is 2.81. The van der Waals surface area contributed by atoms with E-state index in [4.69, 9.17) is 5.73 Å². The standard InChI is InChI=1S/C12H14N2O2S2/c1-9-4-2-3-5-11(9)14-18(15,16)12-6-10(7-13)8-17-12/h2-6,8,14H,7,13H2,1H3. The number of hydrogen-bond donors (Lipinski definition) is 2. The van der Waals surface area contributed by atoms with Crippen molar-refractivity contribution in [1.82, 2.24) is 0 Å². The molecule has 2 aromatic rings. The Labute approximate surface area is 111 Å². The highest BCUT2D eigenvalue weighted by Gasteiger charge is 2.17. The van der Waals surface area contributed by atoms with Crippen LogP contribution in [0.1, 0.15) is 11.1 Å². The van der Waals surface area contributed by atoms with Crippen molar-refractivity contribution in [2.45, 2.75) is 17.7 Å². The largest absolute Gasteiger partial charge is 0.326 e. The van der Waals surface area contributed by atoms with Crippen LogP contribution in [0.5, 0.6) is 0 Å². The third kappa shape index (κ3) is 2.72. The maximum Gasteiger partial charge on any atom is 0.271 e. The van der Waals surface area contributed by atoms with E-state index in [1.807, 2.05) is 19.1 Å². The van der Waals surface area contributed by atoms with Crippen LogP contribution in [-0.4, -0.2) is 8.42 Å². The Morgan fingerprint density at radius 1 is 1.33 bits per heavy atom. The molecule has 0 saturated heterocycles. The first-order valence-corrected chi connectivity index (χ1v) is 7.75. The number of sulfonamides is 1. The fourth-order valence-corrected chi connectivity index (χ4v) is 3.84. The third-order valence-corrected chi connectivity index (χ3v) is 5.37. The van der Waals surface area contributed by atoms with E-state index in [-0.39, 0.29) is 4.21 Å². The highest BCUT2D eigenvalue weighted by molar-refractivity contribution is 7.94. The van der Waals surface area contributed by atoms with Crippen LogP contribution in [0.4, 0.5) is 5.69 Å². The molecule has 0 aliphatic heterocycles. The number of rotatable bonds is 4. The van der Waals surface area contributed by atoms with Gasteiger partial charge in [0.05, 0.1) is 5.69 Å². The first-order valence-electron chi connectivity index (χ1n) is 5.39. The highest BCUT2D eigenvalue weighted by atomic mass is 32.2. The number of hydrogen-bond acceptors (Lipinski definition) is 4. The molecule has 0 saturated carbocycles. The minimum absolute atomic E-state index is 0.284. The van der Waals surface area contributed by atoms with Gasteiger partial charge in [-0.3, -0.25) is 4.72 Å². The molecule has 18 heavy (non-hydrogen) atoms. The van der Waals surface area contributed by atoms with E-state index in [0.29, 0.717) is 12.2 Å². The Morgan fingerprint density at radius 2 is 2.06 bits per heavy atom. The summed E-state index contributed by atoms with van der Waals surface area (Å²) in [5, 5.41) is 1.76. The maximum absolute atomic E-state index is 12.1. The van der Waals surface area contributed by atoms with E-state index < -0.39 is 10.0 Å². The van der Waals surface area contributed by atoms with Crippen molar-refractivity contribution >= 4 is 27.0 Å². The molecule has 0 atom stereocenters. The SMILES string of the molecule is Cc1ccccc1NS(=O)(=O)c1cc(CN)cs1. The first kappa shape index (κ1) is 13.1. The Balaban J connectivity index is 2.30. The van der Waals surface area contributed by atoms with E-state index in [9.17, 15) is 8.42 Å². The van der Waals surface area contributed by atoms with Gasteiger partial charge in [-0.2, -0.15) is 0 Å². The number of anilines is 1. The molecule has 0 fully saturated rings. The quantitative estimate of drug-likeness (QED) is 0.904. The molecule has 0 bridgehead atoms. The number of nitrogens with two attached hydrogens (primary N) is 1. The predicted molar refractivity (Wildman–Crippen MR) is 74.2 cm³/mol. The average molecular weight is 282 g/mol. The number of benzene rings is 1. The Hall–Kier alpha value is -1.37. The molecule has 0 spiro atoms. The summed E-state index contributed by atoms with van der Waals surface area (Å²) in [5.74, 6) is 0. The lowest BCUT2D eigenvalue weighted by Crippen LogP contribution is -2.12. The van der Waals surface area contributed by atoms with E-state index in [0.717, 1.165) is 11.1 Å². The second-order valence-electron chi connectivity index (χ2n) is 3.90. The molecule has 3 N–H and O–H groups in total. The third-order valence-electron chi connectivity index (χ3n) is 2.52. The zero-order chi connectivity index (χ0) is 13.2. The van der Waals surface area contributed by atoms with Gasteiger partial charge in [-0.1, -0.05) is 18.2 Å². The minimum Gasteiger partial charge on any atom is -0.326 e. The molecule has 2 rings (SSSR count). The molecule has 1 aromatic carbocycles. The molecule has 1 heterocycles. The smallest absolute Gasteiger partial charge is 0.271 e. The van der Waals surface area contributed by atoms with E-state index in [2.05, 4.69) is 4.72 Å². The van der Waals surface area contributed by atoms with Crippen molar-refractivity contribution in [3.05, 3.63) is 46.8 Å². The molecular weight excluding hydrogens is 268 g/mol. The fourth-order valence-electron chi connectivity index (χ4n) is 1.48. The van der Waals surface area contributed by atoms with Gasteiger partial charge in [-0.05, 0) is 35.6 Å². The molecule has 6 heteroatoms. The van der Waals surface area contributed by atoms with Gasteiger partial charge in [-0.15, -0.1) is 11.3 Å². The first-order chi connectivity index (χ1) is 8.53. The predicted octanol–water partition coefficient (Wildman–Crippen LogP) is 2.32. The van der Waals surface area contributed by atoms with Crippen molar-refractivity contribution in [3.63, 3.8) is 0 Å². The van der Waals surface area contributed by atoms with Crippen molar-refractivity contribution in [2.24, 2.45) is 5.73 Å². The Kier molecular flexibility index (Phi) is 3.70. The van der Waals surface area contributed by atoms with Crippen molar-refractivity contribution in [1.29, 1.82) is 0 Å². The van der Waals surface area contributed by atoms with Gasteiger partial charge in [0.2, 0.25) is 0 Å². The molecule has 96 valence electrons. The normalized spacial score (nSPS) is 11.4. The zero-order valence-electron chi connectivity index (χ0n) is 9.88. The minimum atomic E-state index is -3.51. The van der Waals surface area contributed by atoms with Crippen LogP contribution in [0.3, 0.4) is 0 Å². The number of thiophene rings is 1. The summed E-state index contributed by atoms with van der Waals surface area (Å²) in [5.41, 5.74) is 7.78. The van der Waals surface area contributed by atoms with Gasteiger partial charge in [0, 0.05) is 6.54 Å². The second kappa shape index (κ2) is 5.09. The molecule has 0 amide bonds. The lowest BCUT2D eigenvalue weighted by Gasteiger charge is -2.08. The van der Waals surface area contributed by atoms with Crippen molar-refractivity contribution in [3.8, 4) is 0 Å². The lowest BCUT2D eigenvalue weighted by molar-refractivity contribution is 0.603. The number of aryl methyl sites for hydroxylation is 1. The van der Waals surface area contributed by atoms with Gasteiger partial charge >= 0.3 is 0 Å². The summed E-state index contributed by atoms with van der Waals surface area (Å²) in [6.07, 6.45) is 0. The summed E-state index contributed by atoms with van der Waals surface area (Å²) in [4.78, 5) is 0. The van der Waals surface area contributed by atoms with Crippen molar-refractivity contribution in [2.75, 3.05) is 4.72 Å². The zero-order valence-corrected chi connectivity index (χ0v) is 11.5. The molecular formula is C12H14N2O2S2. The van der Waals surface area contributed by atoms with E-state index in [1.165, 1.54) is 11.3 Å². The summed E-state index contributed by atoms with van der Waals surface area (Å²) < 4.78 is 27.1. The maximum atomic E-state index is 12.1. The molecule has 0 aliphatic carbocycles. The molecule has 4 nitrogen and oxygen atoms in total. The summed E-state index contributed by atoms with van der Waals surface area (Å²) in [7, 11) is -3.51. The molecule has 0 unspecified atom stereocenters. The topological polar surface area (TPSA) is 72.2 Å². The van der Waals surface area contributed by atoms with Gasteiger partial charge in [-0.25, -0.2) is 8.42 Å². The van der Waals surface area contributed by atoms with Crippen molar-refractivity contribution < 1.29 is 8.42 Å². The highest BCUT2D eigenvalue weighted by Crippen LogP contribution is 2.24. The lowest BCUT2D eigenvalue weighted by atomic mass is 10.2. The van der Waals surface area contributed by atoms with Gasteiger partial charge in [0.15, 0.2) is 0 Å². The Morgan fingerprint density at radius 3 is 2.67 bits per heavy atom. The summed E-state index contributed by atoms with van der Waals surface area (Å²) >= 11 is 1.18. The monoisotopic (exact) mass is 282 g/mol. The van der Waals surface area contributed by atoms with Crippen LogP contribution in [0, 0.1) is 6.92 Å². The molecule has 0 aliphatic rings. The van der Waals surface area contributed by atoms with E-state index >= 15 is 0 Å². The van der Waals surface area contributed by atoms with Gasteiger partial charge in [0.25, 0.3) is 10.0 Å². The number of para-hydroxylation sites is 1. The summed E-state index contributed by atoms with van der Waals surface area (Å²) in [6, 6.07) is 8.86. The molecule has 0 radical (unpaired) electrons. The molecule has 1 aromatic heterocycles. The van der Waals surface area contributed by atoms with Crippen LogP contribution in [0.2, 0.25) is 0 Å². The summed E-state index contributed by atoms with van der Waals surface area (Å²) in [6.45, 7) is 2.20. The van der Waals surface area contributed by atoms with E-state index in [1.54, 1.807) is 23.6 Å². The van der Waals surface area contributed by atoms with Crippen LogP contribution in [0.15, 0.2) is 39.9 Å². The Bertz CT molecular complexity index is 648. The second-order valence-corrected chi connectivity index (χ2v) is 6.72. The fraction of sp³-hybridized carbons (Fsp3) is 0.167. The van der Waals surface area contributed by atoms with Crippen LogP contribution in [0.25, 0.3) is 0 Å². The van der Waals surface area contributed by atoms with Gasteiger partial charge in [0.1, 0.15) is 4.21 Å². The van der Waals surface area contributed by atoms with Gasteiger partial charge < -0.3 is 5.73 Å². The van der Waals surface area contributed by atoms with Crippen LogP contribution < -0.4 is 10.5 Å². The van der Waals surface area contributed by atoms with Crippen LogP contribution >= 0.6 is 11.3 Å².